The lowest BCUT2D eigenvalue weighted by atomic mass is 9.89. The Morgan fingerprint density at radius 3 is 2.10 bits per heavy atom. The van der Waals surface area contributed by atoms with Crippen molar-refractivity contribution in [3.63, 3.8) is 0 Å². The van der Waals surface area contributed by atoms with E-state index in [0.717, 1.165) is 0 Å². The molecule has 0 aromatic carbocycles. The van der Waals surface area contributed by atoms with Crippen molar-refractivity contribution in [1.29, 1.82) is 0 Å². The molecule has 10 heteroatoms. The van der Waals surface area contributed by atoms with Crippen molar-refractivity contribution in [2.75, 3.05) is 20.3 Å². The van der Waals surface area contributed by atoms with Gasteiger partial charge in [0.05, 0.1) is 19.3 Å². The Labute approximate surface area is 110 Å². The maximum Gasteiger partial charge on any atom is 0.423 e. The summed E-state index contributed by atoms with van der Waals surface area (Å²) in [7, 11) is 1.32. The molecule has 0 aromatic heterocycles. The first-order valence-corrected chi connectivity index (χ1v) is 5.49. The summed E-state index contributed by atoms with van der Waals surface area (Å²) in [4.78, 5) is 11.1. The number of carbonyl (C=O) groups is 1. The van der Waals surface area contributed by atoms with E-state index in [1.165, 1.54) is 7.11 Å². The third kappa shape index (κ3) is 4.32. The zero-order valence-corrected chi connectivity index (χ0v) is 10.3. The van der Waals surface area contributed by atoms with Crippen molar-refractivity contribution in [1.82, 2.24) is 0 Å². The Morgan fingerprint density at radius 2 is 1.70 bits per heavy atom. The first-order chi connectivity index (χ1) is 9.07. The van der Waals surface area contributed by atoms with Crippen LogP contribution >= 0.6 is 0 Å². The van der Waals surface area contributed by atoms with Crippen LogP contribution in [-0.2, 0) is 19.0 Å². The second-order valence-electron chi connectivity index (χ2n) is 4.09. The van der Waals surface area contributed by atoms with E-state index < -0.39 is 42.9 Å². The number of carbonyl (C=O) groups excluding carboxylic acids is 1. The van der Waals surface area contributed by atoms with Gasteiger partial charge in [0.25, 0.3) is 0 Å². The number of ether oxygens (including phenoxy) is 3. The fourth-order valence-corrected chi connectivity index (χ4v) is 1.56. The summed E-state index contributed by atoms with van der Waals surface area (Å²) in [5.74, 6) is -0.603. The average Bonchev–Trinajstić information content (AvgIpc) is 2.26. The number of ketones is 1. The van der Waals surface area contributed by atoms with Gasteiger partial charge in [0.15, 0.2) is 5.78 Å². The number of methoxy groups -OCH3 is 1. The first kappa shape index (κ1) is 17.2. The van der Waals surface area contributed by atoms with Gasteiger partial charge in [-0.3, -0.25) is 4.79 Å². The Bertz CT molecular complexity index is 326. The zero-order chi connectivity index (χ0) is 15.6. The molecule has 0 aromatic rings. The van der Waals surface area contributed by atoms with E-state index in [1.54, 1.807) is 0 Å². The SMILES string of the molecule is COCCOC1C(=O)CC1OC(C(F)(F)F)C(F)(F)F. The monoisotopic (exact) mass is 310 g/mol. The standard InChI is InChI=1S/C10H12F6O4/c1-18-2-3-19-7-5(17)4-6(7)20-8(9(11,12)13)10(14,15)16/h6-8H,2-4H2,1H3. The molecule has 1 aliphatic carbocycles. The highest BCUT2D eigenvalue weighted by Crippen LogP contribution is 2.38. The lowest BCUT2D eigenvalue weighted by Crippen LogP contribution is -2.56. The fourth-order valence-electron chi connectivity index (χ4n) is 1.56. The van der Waals surface area contributed by atoms with Crippen LogP contribution in [0.5, 0.6) is 0 Å². The third-order valence-corrected chi connectivity index (χ3v) is 2.55. The van der Waals surface area contributed by atoms with Crippen LogP contribution in [0.25, 0.3) is 0 Å². The van der Waals surface area contributed by atoms with Gasteiger partial charge in [-0.1, -0.05) is 0 Å². The Morgan fingerprint density at radius 1 is 1.15 bits per heavy atom. The third-order valence-electron chi connectivity index (χ3n) is 2.55. The summed E-state index contributed by atoms with van der Waals surface area (Å²) in [6.45, 7) is -0.0755. The fraction of sp³-hybridized carbons (Fsp3) is 0.900. The molecule has 0 heterocycles. The van der Waals surface area contributed by atoms with Gasteiger partial charge in [0.2, 0.25) is 6.10 Å². The summed E-state index contributed by atoms with van der Waals surface area (Å²) >= 11 is 0. The molecular formula is C10H12F6O4. The number of alkyl halides is 6. The molecule has 0 amide bonds. The largest absolute Gasteiger partial charge is 0.423 e. The van der Waals surface area contributed by atoms with E-state index in [4.69, 9.17) is 4.74 Å². The predicted molar refractivity (Wildman–Crippen MR) is 52.0 cm³/mol. The topological polar surface area (TPSA) is 44.8 Å². The van der Waals surface area contributed by atoms with E-state index in [-0.39, 0.29) is 13.2 Å². The minimum atomic E-state index is -5.60. The summed E-state index contributed by atoms with van der Waals surface area (Å²) in [6, 6.07) is 0. The smallest absolute Gasteiger partial charge is 0.382 e. The van der Waals surface area contributed by atoms with Crippen LogP contribution in [0.2, 0.25) is 0 Å². The van der Waals surface area contributed by atoms with Gasteiger partial charge in [0.1, 0.15) is 6.10 Å². The molecule has 4 nitrogen and oxygen atoms in total. The Balaban J connectivity index is 2.63. The molecule has 1 fully saturated rings. The van der Waals surface area contributed by atoms with Gasteiger partial charge in [0, 0.05) is 13.5 Å². The van der Waals surface area contributed by atoms with Crippen LogP contribution in [0, 0.1) is 0 Å². The van der Waals surface area contributed by atoms with Crippen molar-refractivity contribution in [2.24, 2.45) is 0 Å². The highest BCUT2D eigenvalue weighted by Gasteiger charge is 2.60. The van der Waals surface area contributed by atoms with Gasteiger partial charge >= 0.3 is 12.4 Å². The number of Topliss-reactive ketones (excluding diaryl/α,β-unsaturated/α-hetero) is 1. The molecule has 2 atom stereocenters. The van der Waals surface area contributed by atoms with Crippen molar-refractivity contribution < 1.29 is 45.3 Å². The Hall–Kier alpha value is -0.870. The minimum Gasteiger partial charge on any atom is -0.382 e. The van der Waals surface area contributed by atoms with E-state index in [0.29, 0.717) is 0 Å². The molecule has 0 N–H and O–H groups in total. The lowest BCUT2D eigenvalue weighted by molar-refractivity contribution is -0.339. The Kier molecular flexibility index (Phi) is 5.39. The molecule has 1 rings (SSSR count). The number of rotatable bonds is 6. The summed E-state index contributed by atoms with van der Waals surface area (Å²) in [5.41, 5.74) is 0. The van der Waals surface area contributed by atoms with Gasteiger partial charge in [-0.2, -0.15) is 26.3 Å². The van der Waals surface area contributed by atoms with Crippen molar-refractivity contribution >= 4 is 5.78 Å². The van der Waals surface area contributed by atoms with Gasteiger partial charge in [-0.25, -0.2) is 0 Å². The van der Waals surface area contributed by atoms with Crippen molar-refractivity contribution in [3.05, 3.63) is 0 Å². The van der Waals surface area contributed by atoms with Crippen LogP contribution < -0.4 is 0 Å². The highest BCUT2D eigenvalue weighted by molar-refractivity contribution is 5.90. The second-order valence-corrected chi connectivity index (χ2v) is 4.09. The normalized spacial score (nSPS) is 24.1. The summed E-state index contributed by atoms with van der Waals surface area (Å²) in [6.07, 6.45) is -18.7. The molecule has 118 valence electrons. The first-order valence-electron chi connectivity index (χ1n) is 5.49. The van der Waals surface area contributed by atoms with Crippen molar-refractivity contribution in [3.8, 4) is 0 Å². The summed E-state index contributed by atoms with van der Waals surface area (Å²) < 4.78 is 87.1. The van der Waals surface area contributed by atoms with E-state index in [2.05, 4.69) is 9.47 Å². The van der Waals surface area contributed by atoms with Crippen LogP contribution in [-0.4, -0.2) is 56.8 Å². The molecule has 1 saturated carbocycles. The molecule has 0 saturated heterocycles. The highest BCUT2D eigenvalue weighted by atomic mass is 19.4. The van der Waals surface area contributed by atoms with Crippen LogP contribution in [0.1, 0.15) is 6.42 Å². The molecule has 20 heavy (non-hydrogen) atoms. The number of hydrogen-bond donors (Lipinski definition) is 0. The van der Waals surface area contributed by atoms with Gasteiger partial charge in [-0.05, 0) is 0 Å². The van der Waals surface area contributed by atoms with Gasteiger partial charge < -0.3 is 14.2 Å². The average molecular weight is 310 g/mol. The second kappa shape index (κ2) is 6.27. The van der Waals surface area contributed by atoms with E-state index in [1.807, 2.05) is 0 Å². The van der Waals surface area contributed by atoms with Crippen molar-refractivity contribution in [2.45, 2.75) is 37.1 Å². The summed E-state index contributed by atoms with van der Waals surface area (Å²) in [5, 5.41) is 0. The van der Waals surface area contributed by atoms with E-state index in [9.17, 15) is 31.1 Å². The molecule has 1 aliphatic rings. The molecule has 0 radical (unpaired) electrons. The van der Waals surface area contributed by atoms with E-state index >= 15 is 0 Å². The maximum absolute atomic E-state index is 12.3. The van der Waals surface area contributed by atoms with Crippen LogP contribution in [0.4, 0.5) is 26.3 Å². The predicted octanol–water partition coefficient (Wildman–Crippen LogP) is 1.87. The molecule has 0 bridgehead atoms. The molecular weight excluding hydrogens is 298 g/mol. The zero-order valence-electron chi connectivity index (χ0n) is 10.3. The molecule has 0 spiro atoms. The van der Waals surface area contributed by atoms with Crippen LogP contribution in [0.3, 0.4) is 0 Å². The van der Waals surface area contributed by atoms with Crippen LogP contribution in [0.15, 0.2) is 0 Å². The molecule has 0 aliphatic heterocycles. The number of hydrogen-bond acceptors (Lipinski definition) is 4. The maximum atomic E-state index is 12.3. The quantitative estimate of drug-likeness (QED) is 0.555. The molecule has 2 unspecified atom stereocenters. The number of halogens is 6. The lowest BCUT2D eigenvalue weighted by Gasteiger charge is -2.37. The minimum absolute atomic E-state index is 0.0540. The van der Waals surface area contributed by atoms with Gasteiger partial charge in [-0.15, -0.1) is 0 Å².